The number of hydrogen-bond acceptors (Lipinski definition) is 6. The number of aliphatic imine (C=N–C) groups is 1. The third kappa shape index (κ3) is 6.33. The van der Waals surface area contributed by atoms with Crippen LogP contribution in [0.15, 0.2) is 40.8 Å². The number of piperidine rings is 1. The van der Waals surface area contributed by atoms with Crippen molar-refractivity contribution in [3.8, 4) is 0 Å². The molecule has 2 unspecified atom stereocenters. The van der Waals surface area contributed by atoms with Gasteiger partial charge in [0.1, 0.15) is 5.82 Å². The highest BCUT2D eigenvalue weighted by atomic mass is 127. The first-order chi connectivity index (χ1) is 15.3. The van der Waals surface area contributed by atoms with Crippen LogP contribution in [0.25, 0.3) is 0 Å². The Labute approximate surface area is 212 Å². The van der Waals surface area contributed by atoms with Gasteiger partial charge in [-0.1, -0.05) is 12.1 Å². The SMILES string of the molecule is CN=C(NCc1cccnc1N1CCOCC1)NCC1CCCN(C)C1c1cccs1.I. The Hall–Kier alpha value is -1.43. The highest BCUT2D eigenvalue weighted by molar-refractivity contribution is 14.0. The van der Waals surface area contributed by atoms with Crippen LogP contribution < -0.4 is 15.5 Å². The Morgan fingerprint density at radius 1 is 1.22 bits per heavy atom. The molecular weight excluding hydrogens is 535 g/mol. The minimum Gasteiger partial charge on any atom is -0.378 e. The zero-order chi connectivity index (χ0) is 21.5. The summed E-state index contributed by atoms with van der Waals surface area (Å²) in [6, 6.07) is 9.05. The number of thiophene rings is 1. The molecule has 2 aromatic rings. The van der Waals surface area contributed by atoms with Crippen LogP contribution in [0.4, 0.5) is 5.82 Å². The topological polar surface area (TPSA) is 65.0 Å². The Kier molecular flexibility index (Phi) is 10.0. The number of nitrogens with one attached hydrogen (secondary N) is 2. The molecule has 2 atom stereocenters. The summed E-state index contributed by atoms with van der Waals surface area (Å²) >= 11 is 1.86. The Bertz CT molecular complexity index is 843. The van der Waals surface area contributed by atoms with Crippen LogP contribution in [0.5, 0.6) is 0 Å². The molecule has 4 rings (SSSR count). The predicted molar refractivity (Wildman–Crippen MR) is 143 cm³/mol. The van der Waals surface area contributed by atoms with Crippen LogP contribution in [-0.4, -0.2) is 69.3 Å². The second kappa shape index (κ2) is 12.7. The van der Waals surface area contributed by atoms with Crippen molar-refractivity contribution in [1.82, 2.24) is 20.5 Å². The van der Waals surface area contributed by atoms with Gasteiger partial charge in [0.2, 0.25) is 0 Å². The van der Waals surface area contributed by atoms with Crippen LogP contribution >= 0.6 is 35.3 Å². The Morgan fingerprint density at radius 3 is 2.81 bits per heavy atom. The van der Waals surface area contributed by atoms with Gasteiger partial charge in [-0.3, -0.25) is 9.89 Å². The van der Waals surface area contributed by atoms with Gasteiger partial charge < -0.3 is 20.3 Å². The Balaban J connectivity index is 0.00000289. The van der Waals surface area contributed by atoms with E-state index in [-0.39, 0.29) is 24.0 Å². The molecule has 2 N–H and O–H groups in total. The number of ether oxygens (including phenoxy) is 1. The number of nitrogens with zero attached hydrogens (tertiary/aromatic N) is 4. The van der Waals surface area contributed by atoms with E-state index >= 15 is 0 Å². The summed E-state index contributed by atoms with van der Waals surface area (Å²) in [5.74, 6) is 2.45. The summed E-state index contributed by atoms with van der Waals surface area (Å²) in [5, 5.41) is 9.26. The van der Waals surface area contributed by atoms with Crippen molar-refractivity contribution in [3.63, 3.8) is 0 Å². The smallest absolute Gasteiger partial charge is 0.191 e. The van der Waals surface area contributed by atoms with Crippen molar-refractivity contribution in [3.05, 3.63) is 46.3 Å². The fourth-order valence-electron chi connectivity index (χ4n) is 4.64. The fraction of sp³-hybridized carbons (Fsp3) is 0.565. The van der Waals surface area contributed by atoms with E-state index in [1.54, 1.807) is 0 Å². The molecule has 32 heavy (non-hydrogen) atoms. The third-order valence-electron chi connectivity index (χ3n) is 6.22. The molecule has 7 nitrogen and oxygen atoms in total. The molecule has 2 aromatic heterocycles. The first kappa shape index (κ1) is 25.2. The number of pyridine rings is 1. The summed E-state index contributed by atoms with van der Waals surface area (Å²) in [6.45, 7) is 6.06. The van der Waals surface area contributed by atoms with Gasteiger partial charge in [-0.05, 0) is 49.9 Å². The van der Waals surface area contributed by atoms with Gasteiger partial charge in [-0.2, -0.15) is 0 Å². The average molecular weight is 571 g/mol. The molecule has 176 valence electrons. The van der Waals surface area contributed by atoms with Crippen LogP contribution in [0, 0.1) is 5.92 Å². The quantitative estimate of drug-likeness (QED) is 0.316. The van der Waals surface area contributed by atoms with Crippen molar-refractivity contribution < 1.29 is 4.74 Å². The largest absolute Gasteiger partial charge is 0.378 e. The molecule has 0 radical (unpaired) electrons. The van der Waals surface area contributed by atoms with Crippen LogP contribution in [0.3, 0.4) is 0 Å². The lowest BCUT2D eigenvalue weighted by Gasteiger charge is -2.39. The maximum Gasteiger partial charge on any atom is 0.191 e. The molecule has 0 spiro atoms. The second-order valence-electron chi connectivity index (χ2n) is 8.24. The molecule has 0 amide bonds. The third-order valence-corrected chi connectivity index (χ3v) is 7.16. The lowest BCUT2D eigenvalue weighted by Crippen LogP contribution is -2.45. The number of rotatable bonds is 6. The van der Waals surface area contributed by atoms with Crippen molar-refractivity contribution in [2.75, 3.05) is 58.4 Å². The molecule has 2 aliphatic rings. The van der Waals surface area contributed by atoms with Crippen molar-refractivity contribution in [2.45, 2.75) is 25.4 Å². The molecule has 9 heteroatoms. The van der Waals surface area contributed by atoms with E-state index in [0.717, 1.165) is 51.2 Å². The average Bonchev–Trinajstić information content (AvgIpc) is 3.34. The van der Waals surface area contributed by atoms with Crippen molar-refractivity contribution in [1.29, 1.82) is 0 Å². The Morgan fingerprint density at radius 2 is 2.06 bits per heavy atom. The minimum absolute atomic E-state index is 0. The molecule has 2 saturated heterocycles. The van der Waals surface area contributed by atoms with E-state index in [9.17, 15) is 0 Å². The molecule has 2 fully saturated rings. The van der Waals surface area contributed by atoms with Gasteiger partial charge in [0, 0.05) is 55.9 Å². The summed E-state index contributed by atoms with van der Waals surface area (Å²) in [4.78, 5) is 15.4. The van der Waals surface area contributed by atoms with Gasteiger partial charge in [-0.15, -0.1) is 35.3 Å². The molecule has 0 bridgehead atoms. The number of aromatic nitrogens is 1. The first-order valence-electron chi connectivity index (χ1n) is 11.2. The van der Waals surface area contributed by atoms with Crippen molar-refractivity contribution >= 4 is 47.1 Å². The zero-order valence-electron chi connectivity index (χ0n) is 19.0. The highest BCUT2D eigenvalue weighted by Crippen LogP contribution is 2.36. The number of guanidine groups is 1. The van der Waals surface area contributed by atoms with E-state index in [4.69, 9.17) is 4.74 Å². The van der Waals surface area contributed by atoms with E-state index in [0.29, 0.717) is 18.5 Å². The summed E-state index contributed by atoms with van der Waals surface area (Å²) in [7, 11) is 4.09. The molecule has 0 aromatic carbocycles. The zero-order valence-corrected chi connectivity index (χ0v) is 22.1. The predicted octanol–water partition coefficient (Wildman–Crippen LogP) is 3.35. The van der Waals surface area contributed by atoms with Gasteiger partial charge in [0.25, 0.3) is 0 Å². The van der Waals surface area contributed by atoms with Gasteiger partial charge in [0.05, 0.1) is 13.2 Å². The van der Waals surface area contributed by atoms with E-state index in [1.165, 1.54) is 23.3 Å². The molecule has 0 aliphatic carbocycles. The number of anilines is 1. The maximum absolute atomic E-state index is 5.49. The number of halogens is 1. The van der Waals surface area contributed by atoms with E-state index in [2.05, 4.69) is 61.0 Å². The van der Waals surface area contributed by atoms with Gasteiger partial charge in [-0.25, -0.2) is 4.98 Å². The number of morpholine rings is 1. The summed E-state index contributed by atoms with van der Waals surface area (Å²) < 4.78 is 5.49. The van der Waals surface area contributed by atoms with E-state index in [1.807, 2.05) is 30.6 Å². The van der Waals surface area contributed by atoms with Crippen LogP contribution in [0.2, 0.25) is 0 Å². The standard InChI is InChI=1S/C23H34N6OS.HI/c1-24-23(26-16-18-7-4-10-28(2)21(18)20-8-5-15-31-20)27-17-19-6-3-9-25-22(19)29-11-13-30-14-12-29;/h3,5-6,8-9,15,18,21H,4,7,10-14,16-17H2,1-2H3,(H2,24,26,27);1H. The molecular formula is C23H35IN6OS. The molecule has 2 aliphatic heterocycles. The molecule has 0 saturated carbocycles. The minimum atomic E-state index is 0. The maximum atomic E-state index is 5.49. The first-order valence-corrected chi connectivity index (χ1v) is 12.1. The van der Waals surface area contributed by atoms with Crippen molar-refractivity contribution in [2.24, 2.45) is 10.9 Å². The number of hydrogen-bond donors (Lipinski definition) is 2. The summed E-state index contributed by atoms with van der Waals surface area (Å²) in [6.07, 6.45) is 4.35. The normalized spacial score (nSPS) is 22.3. The lowest BCUT2D eigenvalue weighted by molar-refractivity contribution is 0.122. The monoisotopic (exact) mass is 570 g/mol. The summed E-state index contributed by atoms with van der Waals surface area (Å²) in [5.41, 5.74) is 1.18. The second-order valence-corrected chi connectivity index (χ2v) is 9.21. The van der Waals surface area contributed by atoms with Gasteiger partial charge in [0.15, 0.2) is 5.96 Å². The van der Waals surface area contributed by atoms with E-state index < -0.39 is 0 Å². The molecule has 4 heterocycles. The lowest BCUT2D eigenvalue weighted by atomic mass is 9.88. The highest BCUT2D eigenvalue weighted by Gasteiger charge is 2.31. The van der Waals surface area contributed by atoms with Crippen LogP contribution in [0.1, 0.15) is 29.3 Å². The van der Waals surface area contributed by atoms with Gasteiger partial charge >= 0.3 is 0 Å². The fourth-order valence-corrected chi connectivity index (χ4v) is 5.62. The van der Waals surface area contributed by atoms with Crippen LogP contribution in [-0.2, 0) is 11.3 Å². The number of likely N-dealkylation sites (tertiary alicyclic amines) is 1.